The van der Waals surface area contributed by atoms with E-state index < -0.39 is 13.0 Å². The number of alkyl halides is 2. The molecule has 1 fully saturated rings. The predicted molar refractivity (Wildman–Crippen MR) is 61.9 cm³/mol. The summed E-state index contributed by atoms with van der Waals surface area (Å²) in [4.78, 5) is 7.34. The molecule has 0 bridgehead atoms. The third kappa shape index (κ3) is 4.12. The zero-order valence-corrected chi connectivity index (χ0v) is 10.1. The molecule has 94 valence electrons. The number of aromatic amines is 1. The zero-order chi connectivity index (χ0) is 12.3. The number of ether oxygens (including phenoxy) is 1. The van der Waals surface area contributed by atoms with Crippen LogP contribution in [0.3, 0.4) is 0 Å². The zero-order valence-electron chi connectivity index (χ0n) is 9.29. The topological polar surface area (TPSA) is 37.9 Å². The van der Waals surface area contributed by atoms with E-state index in [1.54, 1.807) is 0 Å². The first-order chi connectivity index (χ1) is 8.15. The molecule has 1 saturated carbocycles. The Bertz CT molecular complexity index is 432. The lowest BCUT2D eigenvalue weighted by atomic mass is 10.3. The van der Waals surface area contributed by atoms with Crippen molar-refractivity contribution in [2.75, 3.05) is 13.2 Å². The highest BCUT2D eigenvalue weighted by Crippen LogP contribution is 2.38. The number of nitrogens with one attached hydrogen (secondary N) is 1. The first-order valence-corrected chi connectivity index (χ1v) is 6.02. The summed E-state index contributed by atoms with van der Waals surface area (Å²) in [5.41, 5.74) is 1.11. The average Bonchev–Trinajstić information content (AvgIpc) is 3.07. The van der Waals surface area contributed by atoms with Gasteiger partial charge in [0.15, 0.2) is 0 Å². The van der Waals surface area contributed by atoms with Crippen molar-refractivity contribution in [3.05, 3.63) is 22.2 Å². The third-order valence-electron chi connectivity index (χ3n) is 2.56. The first kappa shape index (κ1) is 12.6. The Morgan fingerprint density at radius 3 is 2.94 bits per heavy atom. The third-order valence-corrected chi connectivity index (χ3v) is 2.77. The molecule has 1 aliphatic rings. The summed E-state index contributed by atoms with van der Waals surface area (Å²) in [6, 6.07) is 1.87. The van der Waals surface area contributed by atoms with Gasteiger partial charge in [0.1, 0.15) is 17.1 Å². The van der Waals surface area contributed by atoms with Gasteiger partial charge in [0.25, 0.3) is 6.43 Å². The van der Waals surface area contributed by atoms with Gasteiger partial charge in [-0.25, -0.2) is 13.8 Å². The van der Waals surface area contributed by atoms with Crippen LogP contribution in [-0.4, -0.2) is 29.6 Å². The molecule has 0 spiro atoms. The standard InChI is InChI=1S/C11H14F2N2OS/c12-9(13)6-16-4-3-10-14-8(7-1-2-7)5-11(17)15-10/h5,7,9H,1-4,6H2,(H,14,15,17). The minimum absolute atomic E-state index is 0.233. The van der Waals surface area contributed by atoms with Crippen LogP contribution < -0.4 is 0 Å². The number of rotatable bonds is 6. The fourth-order valence-electron chi connectivity index (χ4n) is 1.60. The molecule has 0 amide bonds. The average molecular weight is 260 g/mol. The van der Waals surface area contributed by atoms with Crippen molar-refractivity contribution < 1.29 is 13.5 Å². The molecule has 1 aromatic rings. The maximum atomic E-state index is 11.8. The highest BCUT2D eigenvalue weighted by molar-refractivity contribution is 7.71. The Kier molecular flexibility index (Phi) is 4.17. The van der Waals surface area contributed by atoms with Crippen LogP contribution in [-0.2, 0) is 11.2 Å². The Morgan fingerprint density at radius 1 is 1.53 bits per heavy atom. The Hall–Kier alpha value is -0.880. The lowest BCUT2D eigenvalue weighted by Crippen LogP contribution is -2.09. The van der Waals surface area contributed by atoms with Gasteiger partial charge < -0.3 is 9.72 Å². The molecule has 17 heavy (non-hydrogen) atoms. The molecule has 6 heteroatoms. The molecule has 1 aliphatic carbocycles. The molecule has 0 unspecified atom stereocenters. The number of H-pyrrole nitrogens is 1. The van der Waals surface area contributed by atoms with E-state index >= 15 is 0 Å². The van der Waals surface area contributed by atoms with E-state index in [2.05, 4.69) is 9.97 Å². The minimum Gasteiger partial charge on any atom is -0.375 e. The second kappa shape index (κ2) is 5.64. The summed E-state index contributed by atoms with van der Waals surface area (Å²) in [6.45, 7) is -0.292. The largest absolute Gasteiger partial charge is 0.375 e. The fourth-order valence-corrected chi connectivity index (χ4v) is 1.84. The van der Waals surface area contributed by atoms with Crippen LogP contribution in [0, 0.1) is 4.64 Å². The molecule has 2 rings (SSSR count). The van der Waals surface area contributed by atoms with Crippen LogP contribution in [0.2, 0.25) is 0 Å². The lowest BCUT2D eigenvalue weighted by Gasteiger charge is -2.05. The van der Waals surface area contributed by atoms with E-state index in [1.807, 2.05) is 6.07 Å². The molecule has 1 aromatic heterocycles. The monoisotopic (exact) mass is 260 g/mol. The summed E-state index contributed by atoms with van der Waals surface area (Å²) in [7, 11) is 0. The van der Waals surface area contributed by atoms with E-state index in [4.69, 9.17) is 17.0 Å². The highest BCUT2D eigenvalue weighted by Gasteiger charge is 2.24. The van der Waals surface area contributed by atoms with Crippen LogP contribution in [0.5, 0.6) is 0 Å². The van der Waals surface area contributed by atoms with Crippen LogP contribution in [0.4, 0.5) is 8.78 Å². The van der Waals surface area contributed by atoms with E-state index in [0.717, 1.165) is 5.69 Å². The number of aromatic nitrogens is 2. The van der Waals surface area contributed by atoms with Gasteiger partial charge >= 0.3 is 0 Å². The molecule has 0 radical (unpaired) electrons. The van der Waals surface area contributed by atoms with E-state index in [9.17, 15) is 8.78 Å². The second-order valence-electron chi connectivity index (χ2n) is 4.11. The SMILES string of the molecule is FC(F)COCCc1nc(=S)cc(C2CC2)[nH]1. The van der Waals surface area contributed by atoms with Crippen molar-refractivity contribution in [2.45, 2.75) is 31.6 Å². The number of halogens is 2. The van der Waals surface area contributed by atoms with Gasteiger partial charge in [-0.15, -0.1) is 0 Å². The maximum Gasteiger partial charge on any atom is 0.261 e. The van der Waals surface area contributed by atoms with Crippen LogP contribution >= 0.6 is 12.2 Å². The Labute approximate surface area is 103 Å². The number of hydrogen-bond donors (Lipinski definition) is 1. The second-order valence-corrected chi connectivity index (χ2v) is 4.53. The van der Waals surface area contributed by atoms with Crippen molar-refractivity contribution in [1.29, 1.82) is 0 Å². The Morgan fingerprint density at radius 2 is 2.29 bits per heavy atom. The van der Waals surface area contributed by atoms with Crippen molar-refractivity contribution in [3.63, 3.8) is 0 Å². The van der Waals surface area contributed by atoms with E-state index in [-0.39, 0.29) is 6.61 Å². The first-order valence-electron chi connectivity index (χ1n) is 5.61. The maximum absolute atomic E-state index is 11.8. The summed E-state index contributed by atoms with van der Waals surface area (Å²) in [5.74, 6) is 1.29. The van der Waals surface area contributed by atoms with Crippen molar-refractivity contribution in [2.24, 2.45) is 0 Å². The van der Waals surface area contributed by atoms with Crippen LogP contribution in [0.25, 0.3) is 0 Å². The fraction of sp³-hybridized carbons (Fsp3) is 0.636. The lowest BCUT2D eigenvalue weighted by molar-refractivity contribution is 0.0182. The number of hydrogen-bond acceptors (Lipinski definition) is 3. The molecule has 3 nitrogen and oxygen atoms in total. The minimum atomic E-state index is -2.42. The van der Waals surface area contributed by atoms with Gasteiger partial charge in [-0.05, 0) is 24.8 Å². The van der Waals surface area contributed by atoms with Crippen LogP contribution in [0.1, 0.15) is 30.3 Å². The van der Waals surface area contributed by atoms with Gasteiger partial charge in [-0.3, -0.25) is 0 Å². The molecular formula is C11H14F2N2OS. The van der Waals surface area contributed by atoms with Gasteiger partial charge in [0.2, 0.25) is 0 Å². The molecule has 1 N–H and O–H groups in total. The van der Waals surface area contributed by atoms with Crippen molar-refractivity contribution in [1.82, 2.24) is 9.97 Å². The van der Waals surface area contributed by atoms with Crippen molar-refractivity contribution >= 4 is 12.2 Å². The predicted octanol–water partition coefficient (Wildman–Crippen LogP) is 2.84. The van der Waals surface area contributed by atoms with Gasteiger partial charge in [0, 0.05) is 12.1 Å². The molecule has 1 heterocycles. The van der Waals surface area contributed by atoms with Crippen LogP contribution in [0.15, 0.2) is 6.07 Å². The van der Waals surface area contributed by atoms with E-state index in [1.165, 1.54) is 12.8 Å². The van der Waals surface area contributed by atoms with E-state index in [0.29, 0.717) is 22.8 Å². The summed E-state index contributed by atoms with van der Waals surface area (Å²) >= 11 is 5.06. The summed E-state index contributed by atoms with van der Waals surface area (Å²) in [5, 5.41) is 0. The molecule has 0 aromatic carbocycles. The molecular weight excluding hydrogens is 246 g/mol. The Balaban J connectivity index is 1.89. The van der Waals surface area contributed by atoms with Gasteiger partial charge in [-0.2, -0.15) is 0 Å². The normalized spacial score (nSPS) is 15.5. The van der Waals surface area contributed by atoms with Gasteiger partial charge in [0.05, 0.1) is 6.61 Å². The highest BCUT2D eigenvalue weighted by atomic mass is 32.1. The quantitative estimate of drug-likeness (QED) is 0.631. The van der Waals surface area contributed by atoms with Crippen molar-refractivity contribution in [3.8, 4) is 0 Å². The summed E-state index contributed by atoms with van der Waals surface area (Å²) < 4.78 is 29.0. The number of nitrogens with zero attached hydrogens (tertiary/aromatic N) is 1. The smallest absolute Gasteiger partial charge is 0.261 e. The molecule has 0 aliphatic heterocycles. The molecule has 0 saturated heterocycles. The van der Waals surface area contributed by atoms with Gasteiger partial charge in [-0.1, -0.05) is 12.2 Å². The molecule has 0 atom stereocenters. The summed E-state index contributed by atoms with van der Waals surface area (Å²) in [6.07, 6.45) is 0.420.